The predicted octanol–water partition coefficient (Wildman–Crippen LogP) is 8.33. The van der Waals surface area contributed by atoms with Crippen molar-refractivity contribution in [3.8, 4) is 33.9 Å². The minimum absolute atomic E-state index is 0.765. The number of rotatable bonds is 4. The van der Waals surface area contributed by atoms with Crippen molar-refractivity contribution in [2.45, 2.75) is 13.3 Å². The molecular weight excluding hydrogens is 438 g/mol. The van der Waals surface area contributed by atoms with E-state index in [1.54, 1.807) is 0 Å². The van der Waals surface area contributed by atoms with E-state index in [2.05, 4.69) is 104 Å². The molecule has 0 aliphatic carbocycles. The van der Waals surface area contributed by atoms with Crippen molar-refractivity contribution in [3.05, 3.63) is 115 Å². The summed E-state index contributed by atoms with van der Waals surface area (Å²) in [5.41, 5.74) is 8.42. The first kappa shape index (κ1) is 20.7. The Bertz CT molecular complexity index is 1750. The molecule has 0 spiro atoms. The lowest BCUT2D eigenvalue weighted by Crippen LogP contribution is -1.98. The Hall–Kier alpha value is -4.63. The van der Waals surface area contributed by atoms with Crippen LogP contribution in [-0.4, -0.2) is 15.0 Å². The lowest BCUT2D eigenvalue weighted by molar-refractivity contribution is 1.14. The van der Waals surface area contributed by atoms with Gasteiger partial charge in [0.25, 0.3) is 0 Å². The van der Waals surface area contributed by atoms with Crippen molar-refractivity contribution < 1.29 is 0 Å². The van der Waals surface area contributed by atoms with E-state index in [1.807, 2.05) is 12.1 Å². The third kappa shape index (κ3) is 3.24. The Labute approximate surface area is 209 Å². The second kappa shape index (κ2) is 8.24. The number of aryl methyl sites for hydroxylation is 1. The molecule has 3 heteroatoms. The molecule has 0 amide bonds. The second-order valence-corrected chi connectivity index (χ2v) is 9.16. The number of pyridine rings is 1. The average molecular weight is 462 g/mol. The highest BCUT2D eigenvalue weighted by Gasteiger charge is 2.19. The molecule has 0 N–H and O–H groups in total. The van der Waals surface area contributed by atoms with Crippen molar-refractivity contribution in [1.29, 1.82) is 0 Å². The molecule has 0 atom stereocenters. The van der Waals surface area contributed by atoms with Gasteiger partial charge in [-0.05, 0) is 42.3 Å². The summed E-state index contributed by atoms with van der Waals surface area (Å²) in [4.78, 5) is 15.3. The van der Waals surface area contributed by atoms with Gasteiger partial charge in [0.2, 0.25) is 0 Å². The largest absolute Gasteiger partial charge is 0.246 e. The lowest BCUT2D eigenvalue weighted by Gasteiger charge is -2.17. The third-order valence-electron chi connectivity index (χ3n) is 6.99. The third-order valence-corrected chi connectivity index (χ3v) is 6.99. The smallest absolute Gasteiger partial charge is 0.160 e. The summed E-state index contributed by atoms with van der Waals surface area (Å²) in [5.74, 6) is 0.765. The molecule has 0 fully saturated rings. The van der Waals surface area contributed by atoms with Crippen LogP contribution in [0.25, 0.3) is 66.5 Å². The Morgan fingerprint density at radius 2 is 1.06 bits per heavy atom. The molecule has 36 heavy (non-hydrogen) atoms. The van der Waals surface area contributed by atoms with Crippen molar-refractivity contribution in [2.24, 2.45) is 0 Å². The second-order valence-electron chi connectivity index (χ2n) is 9.16. The number of aromatic nitrogens is 3. The van der Waals surface area contributed by atoms with Crippen LogP contribution in [0.15, 0.2) is 109 Å². The molecule has 0 radical (unpaired) electrons. The van der Waals surface area contributed by atoms with Crippen LogP contribution in [0, 0.1) is 0 Å². The number of hydrogen-bond donors (Lipinski definition) is 0. The van der Waals surface area contributed by atoms with Gasteiger partial charge in [0.05, 0.1) is 22.4 Å². The van der Waals surface area contributed by atoms with E-state index in [0.717, 1.165) is 67.5 Å². The van der Waals surface area contributed by atoms with Crippen molar-refractivity contribution in [3.63, 3.8) is 0 Å². The van der Waals surface area contributed by atoms with Crippen LogP contribution in [0.3, 0.4) is 0 Å². The van der Waals surface area contributed by atoms with Crippen LogP contribution >= 0.6 is 0 Å². The van der Waals surface area contributed by atoms with Gasteiger partial charge in [-0.3, -0.25) is 0 Å². The Kier molecular flexibility index (Phi) is 4.74. The molecule has 3 nitrogen and oxygen atoms in total. The first-order valence-electron chi connectivity index (χ1n) is 12.4. The number of hydrogen-bond acceptors (Lipinski definition) is 3. The van der Waals surface area contributed by atoms with Crippen LogP contribution in [0.1, 0.15) is 12.5 Å². The molecular formula is C33H23N3. The molecule has 2 heterocycles. The SMILES string of the molecule is CCc1cccc(-c2nc3ccc4c(-c5ccccc5)nc(-c5ccccc5)c5ccc(n2)c3c45)c1. The minimum Gasteiger partial charge on any atom is -0.246 e. The summed E-state index contributed by atoms with van der Waals surface area (Å²) in [6.45, 7) is 2.17. The molecule has 170 valence electrons. The molecule has 0 unspecified atom stereocenters. The van der Waals surface area contributed by atoms with Crippen LogP contribution in [0.2, 0.25) is 0 Å². The molecule has 7 aromatic rings. The fraction of sp³-hybridized carbons (Fsp3) is 0.0606. The Balaban J connectivity index is 1.58. The molecule has 5 aromatic carbocycles. The average Bonchev–Trinajstić information content (AvgIpc) is 2.96. The topological polar surface area (TPSA) is 38.7 Å². The van der Waals surface area contributed by atoms with Crippen LogP contribution in [-0.2, 0) is 6.42 Å². The van der Waals surface area contributed by atoms with Gasteiger partial charge in [0.1, 0.15) is 0 Å². The van der Waals surface area contributed by atoms with E-state index in [-0.39, 0.29) is 0 Å². The van der Waals surface area contributed by atoms with E-state index in [1.165, 1.54) is 10.9 Å². The zero-order valence-electron chi connectivity index (χ0n) is 19.9. The van der Waals surface area contributed by atoms with Crippen LogP contribution in [0.5, 0.6) is 0 Å². The van der Waals surface area contributed by atoms with Gasteiger partial charge >= 0.3 is 0 Å². The maximum atomic E-state index is 5.24. The van der Waals surface area contributed by atoms with Gasteiger partial charge in [0, 0.05) is 38.2 Å². The van der Waals surface area contributed by atoms with Crippen molar-refractivity contribution in [2.75, 3.05) is 0 Å². The molecule has 0 bridgehead atoms. The monoisotopic (exact) mass is 461 g/mol. The highest BCUT2D eigenvalue weighted by Crippen LogP contribution is 2.41. The predicted molar refractivity (Wildman–Crippen MR) is 149 cm³/mol. The Morgan fingerprint density at radius 1 is 0.500 bits per heavy atom. The zero-order valence-corrected chi connectivity index (χ0v) is 19.9. The minimum atomic E-state index is 0.765. The highest BCUT2D eigenvalue weighted by molar-refractivity contribution is 6.26. The molecule has 0 aliphatic rings. The van der Waals surface area contributed by atoms with Gasteiger partial charge in [-0.2, -0.15) is 0 Å². The summed E-state index contributed by atoms with van der Waals surface area (Å²) in [6, 6.07) is 38.0. The molecule has 2 aromatic heterocycles. The summed E-state index contributed by atoms with van der Waals surface area (Å²) in [7, 11) is 0. The van der Waals surface area contributed by atoms with E-state index in [0.29, 0.717) is 0 Å². The van der Waals surface area contributed by atoms with Gasteiger partial charge in [-0.25, -0.2) is 15.0 Å². The van der Waals surface area contributed by atoms with Crippen molar-refractivity contribution in [1.82, 2.24) is 15.0 Å². The van der Waals surface area contributed by atoms with Crippen LogP contribution < -0.4 is 0 Å². The quantitative estimate of drug-likeness (QED) is 0.247. The summed E-state index contributed by atoms with van der Waals surface area (Å²) < 4.78 is 0. The number of nitrogens with zero attached hydrogens (tertiary/aromatic N) is 3. The van der Waals surface area contributed by atoms with E-state index in [4.69, 9.17) is 15.0 Å². The zero-order chi connectivity index (χ0) is 24.1. The van der Waals surface area contributed by atoms with E-state index >= 15 is 0 Å². The van der Waals surface area contributed by atoms with Gasteiger partial charge < -0.3 is 0 Å². The first-order chi connectivity index (χ1) is 17.8. The molecule has 0 aliphatic heterocycles. The van der Waals surface area contributed by atoms with E-state index < -0.39 is 0 Å². The summed E-state index contributed by atoms with van der Waals surface area (Å²) in [6.07, 6.45) is 0.986. The van der Waals surface area contributed by atoms with Gasteiger partial charge in [-0.1, -0.05) is 85.8 Å². The number of benzene rings is 5. The van der Waals surface area contributed by atoms with Crippen molar-refractivity contribution >= 4 is 32.6 Å². The fourth-order valence-corrected chi connectivity index (χ4v) is 5.22. The summed E-state index contributed by atoms with van der Waals surface area (Å²) in [5, 5.41) is 4.51. The Morgan fingerprint density at radius 3 is 1.61 bits per heavy atom. The fourth-order valence-electron chi connectivity index (χ4n) is 5.22. The molecule has 0 saturated carbocycles. The maximum Gasteiger partial charge on any atom is 0.160 e. The summed E-state index contributed by atoms with van der Waals surface area (Å²) >= 11 is 0. The molecule has 0 saturated heterocycles. The van der Waals surface area contributed by atoms with E-state index in [9.17, 15) is 0 Å². The highest BCUT2D eigenvalue weighted by atomic mass is 14.9. The van der Waals surface area contributed by atoms with Crippen LogP contribution in [0.4, 0.5) is 0 Å². The molecule has 7 rings (SSSR count). The maximum absolute atomic E-state index is 5.24. The lowest BCUT2D eigenvalue weighted by atomic mass is 9.93. The van der Waals surface area contributed by atoms with Gasteiger partial charge in [-0.15, -0.1) is 0 Å². The van der Waals surface area contributed by atoms with Gasteiger partial charge in [0.15, 0.2) is 5.82 Å². The standard InChI is InChI=1S/C33H23N3/c1-2-21-10-9-15-24(20-21)33-34-27-18-16-25-29-26(17-19-28(35-33)30(27)29)32(23-13-7-4-8-14-23)36-31(25)22-11-5-3-6-12-22/h3-20H,2H2,1H3. The normalized spacial score (nSPS) is 11.6. The first-order valence-corrected chi connectivity index (χ1v) is 12.4.